The van der Waals surface area contributed by atoms with E-state index in [0.717, 1.165) is 18.2 Å². The highest BCUT2D eigenvalue weighted by Crippen LogP contribution is 2.37. The number of likely N-dealkylation sites (tertiary alicyclic amines) is 1. The summed E-state index contributed by atoms with van der Waals surface area (Å²) < 4.78 is 38.6. The van der Waals surface area contributed by atoms with Gasteiger partial charge in [0.25, 0.3) is 5.69 Å². The molecule has 0 amide bonds. The van der Waals surface area contributed by atoms with Crippen LogP contribution in [0.2, 0.25) is 0 Å². The minimum atomic E-state index is -4.63. The van der Waals surface area contributed by atoms with Crippen LogP contribution in [0.25, 0.3) is 0 Å². The first-order valence-electron chi connectivity index (χ1n) is 5.53. The van der Waals surface area contributed by atoms with Gasteiger partial charge < -0.3 is 5.11 Å². The maximum atomic E-state index is 12.9. The third kappa shape index (κ3) is 2.85. The van der Waals surface area contributed by atoms with Gasteiger partial charge in [0.05, 0.1) is 22.2 Å². The van der Waals surface area contributed by atoms with Crippen LogP contribution in [-0.4, -0.2) is 34.1 Å². The highest BCUT2D eigenvalue weighted by atomic mass is 19.4. The number of halogens is 3. The molecule has 1 aliphatic heterocycles. The van der Waals surface area contributed by atoms with E-state index in [-0.39, 0.29) is 25.2 Å². The van der Waals surface area contributed by atoms with Gasteiger partial charge in [-0.1, -0.05) is 6.07 Å². The first kappa shape index (κ1) is 13.8. The minimum absolute atomic E-state index is 0.191. The van der Waals surface area contributed by atoms with Gasteiger partial charge in [-0.15, -0.1) is 0 Å². The number of β-amino-alcohol motifs (C(OH)–C–C–N with tert-alkyl or cyclic N) is 1. The molecule has 1 aliphatic rings. The molecular formula is C11H11F3N2O3. The quantitative estimate of drug-likeness (QED) is 0.675. The minimum Gasteiger partial charge on any atom is -0.390 e. The van der Waals surface area contributed by atoms with Crippen LogP contribution < -0.4 is 0 Å². The number of rotatable bonds is 3. The van der Waals surface area contributed by atoms with Crippen LogP contribution in [0, 0.1) is 10.1 Å². The van der Waals surface area contributed by atoms with Gasteiger partial charge in [0.1, 0.15) is 0 Å². The monoisotopic (exact) mass is 276 g/mol. The van der Waals surface area contributed by atoms with Crippen LogP contribution in [0.15, 0.2) is 18.2 Å². The zero-order valence-corrected chi connectivity index (χ0v) is 9.72. The molecule has 0 unspecified atom stereocenters. The molecule has 2 rings (SSSR count). The summed E-state index contributed by atoms with van der Waals surface area (Å²) in [5, 5.41) is 19.9. The van der Waals surface area contributed by atoms with Gasteiger partial charge in [-0.2, -0.15) is 13.2 Å². The molecule has 1 aromatic rings. The molecule has 104 valence electrons. The maximum absolute atomic E-state index is 12.9. The Morgan fingerprint density at radius 1 is 1.42 bits per heavy atom. The fraction of sp³-hybridized carbons (Fsp3) is 0.455. The average molecular weight is 276 g/mol. The lowest BCUT2D eigenvalue weighted by molar-refractivity contribution is -0.386. The van der Waals surface area contributed by atoms with Gasteiger partial charge >= 0.3 is 6.18 Å². The van der Waals surface area contributed by atoms with E-state index in [9.17, 15) is 23.3 Å². The van der Waals surface area contributed by atoms with Crippen LogP contribution in [0.5, 0.6) is 0 Å². The van der Waals surface area contributed by atoms with Crippen LogP contribution in [0.4, 0.5) is 18.9 Å². The van der Waals surface area contributed by atoms with E-state index in [0.29, 0.717) is 0 Å². The Morgan fingerprint density at radius 3 is 2.53 bits per heavy atom. The van der Waals surface area contributed by atoms with Crippen molar-refractivity contribution in [1.82, 2.24) is 4.90 Å². The van der Waals surface area contributed by atoms with Gasteiger partial charge in [-0.3, -0.25) is 15.0 Å². The zero-order chi connectivity index (χ0) is 14.2. The molecular weight excluding hydrogens is 265 g/mol. The molecule has 1 saturated heterocycles. The van der Waals surface area contributed by atoms with Crippen molar-refractivity contribution in [2.45, 2.75) is 18.8 Å². The van der Waals surface area contributed by atoms with Crippen molar-refractivity contribution in [3.63, 3.8) is 0 Å². The predicted octanol–water partition coefficient (Wildman–Crippen LogP) is 1.79. The van der Waals surface area contributed by atoms with Crippen molar-refractivity contribution in [3.8, 4) is 0 Å². The Labute approximate surface area is 106 Å². The van der Waals surface area contributed by atoms with E-state index in [1.54, 1.807) is 0 Å². The molecule has 19 heavy (non-hydrogen) atoms. The number of aliphatic hydroxyl groups excluding tert-OH is 1. The lowest BCUT2D eigenvalue weighted by Gasteiger charge is -2.36. The van der Waals surface area contributed by atoms with Crippen LogP contribution >= 0.6 is 0 Å². The van der Waals surface area contributed by atoms with Gasteiger partial charge in [-0.25, -0.2) is 0 Å². The van der Waals surface area contributed by atoms with Gasteiger partial charge in [0.2, 0.25) is 0 Å². The summed E-state index contributed by atoms with van der Waals surface area (Å²) in [6.45, 7) is 0.260. The van der Waals surface area contributed by atoms with E-state index >= 15 is 0 Å². The number of hydrogen-bond acceptors (Lipinski definition) is 4. The van der Waals surface area contributed by atoms with Crippen molar-refractivity contribution in [2.75, 3.05) is 13.1 Å². The van der Waals surface area contributed by atoms with Gasteiger partial charge in [0, 0.05) is 25.7 Å². The van der Waals surface area contributed by atoms with Crippen LogP contribution in [-0.2, 0) is 12.7 Å². The molecule has 1 aromatic carbocycles. The van der Waals surface area contributed by atoms with Crippen molar-refractivity contribution in [3.05, 3.63) is 39.4 Å². The number of alkyl halides is 3. The lowest BCUT2D eigenvalue weighted by atomic mass is 10.0. The summed E-state index contributed by atoms with van der Waals surface area (Å²) in [6, 6.07) is 2.91. The fourth-order valence-electron chi connectivity index (χ4n) is 2.07. The molecule has 0 atom stereocenters. The standard InChI is InChI=1S/C11H11F3N2O3/c12-11(13,14)9-2-1-3-10(16(18)19)8(9)6-15-4-7(17)5-15/h1-3,7,17H,4-6H2. The molecule has 0 aliphatic carbocycles. The summed E-state index contributed by atoms with van der Waals surface area (Å²) >= 11 is 0. The summed E-state index contributed by atoms with van der Waals surface area (Å²) in [5.74, 6) is 0. The Morgan fingerprint density at radius 2 is 2.05 bits per heavy atom. The van der Waals surface area contributed by atoms with Crippen LogP contribution in [0.3, 0.4) is 0 Å². The number of aliphatic hydroxyl groups is 1. The lowest BCUT2D eigenvalue weighted by Crippen LogP contribution is -2.50. The highest BCUT2D eigenvalue weighted by Gasteiger charge is 2.38. The Bertz CT molecular complexity index is 498. The normalized spacial score (nSPS) is 17.3. The smallest absolute Gasteiger partial charge is 0.390 e. The Balaban J connectivity index is 2.38. The van der Waals surface area contributed by atoms with Crippen molar-refractivity contribution < 1.29 is 23.2 Å². The number of hydrogen-bond donors (Lipinski definition) is 1. The van der Waals surface area contributed by atoms with E-state index < -0.39 is 28.5 Å². The molecule has 0 bridgehead atoms. The summed E-state index contributed by atoms with van der Waals surface area (Å²) in [7, 11) is 0. The maximum Gasteiger partial charge on any atom is 0.416 e. The predicted molar refractivity (Wildman–Crippen MR) is 59.4 cm³/mol. The van der Waals surface area contributed by atoms with Crippen molar-refractivity contribution >= 4 is 5.69 Å². The molecule has 0 saturated carbocycles. The second kappa shape index (κ2) is 4.78. The summed E-state index contributed by atoms with van der Waals surface area (Å²) in [4.78, 5) is 11.5. The first-order valence-corrected chi connectivity index (χ1v) is 5.53. The molecule has 0 aromatic heterocycles. The second-order valence-corrected chi connectivity index (χ2v) is 4.41. The largest absolute Gasteiger partial charge is 0.416 e. The molecule has 0 spiro atoms. The molecule has 1 heterocycles. The van der Waals surface area contributed by atoms with E-state index in [1.807, 2.05) is 0 Å². The van der Waals surface area contributed by atoms with Gasteiger partial charge in [0.15, 0.2) is 0 Å². The summed E-state index contributed by atoms with van der Waals surface area (Å²) in [6.07, 6.45) is -5.21. The highest BCUT2D eigenvalue weighted by molar-refractivity contribution is 5.47. The van der Waals surface area contributed by atoms with E-state index in [1.165, 1.54) is 4.90 Å². The van der Waals surface area contributed by atoms with E-state index in [4.69, 9.17) is 5.11 Å². The topological polar surface area (TPSA) is 66.6 Å². The average Bonchev–Trinajstić information content (AvgIpc) is 2.25. The molecule has 1 N–H and O–H groups in total. The van der Waals surface area contributed by atoms with Crippen molar-refractivity contribution in [2.24, 2.45) is 0 Å². The molecule has 1 fully saturated rings. The van der Waals surface area contributed by atoms with Crippen molar-refractivity contribution in [1.29, 1.82) is 0 Å². The third-order valence-corrected chi connectivity index (χ3v) is 2.97. The van der Waals surface area contributed by atoms with Gasteiger partial charge in [-0.05, 0) is 6.07 Å². The van der Waals surface area contributed by atoms with E-state index in [2.05, 4.69) is 0 Å². The number of benzene rings is 1. The zero-order valence-electron chi connectivity index (χ0n) is 9.72. The van der Waals surface area contributed by atoms with Crippen LogP contribution in [0.1, 0.15) is 11.1 Å². The Hall–Kier alpha value is -1.67. The fourth-order valence-corrected chi connectivity index (χ4v) is 2.07. The number of nitro groups is 1. The number of nitro benzene ring substituents is 1. The molecule has 0 radical (unpaired) electrons. The first-order chi connectivity index (χ1) is 8.79. The second-order valence-electron chi connectivity index (χ2n) is 4.41. The molecule has 8 heteroatoms. The Kier molecular flexibility index (Phi) is 3.46. The molecule has 5 nitrogen and oxygen atoms in total. The number of nitrogens with zero attached hydrogens (tertiary/aromatic N) is 2. The third-order valence-electron chi connectivity index (χ3n) is 2.97. The SMILES string of the molecule is O=[N+]([O-])c1cccc(C(F)(F)F)c1CN1CC(O)C1. The summed E-state index contributed by atoms with van der Waals surface area (Å²) in [5.41, 5.74) is -1.90.